The molecule has 0 radical (unpaired) electrons. The van der Waals surface area contributed by atoms with Crippen molar-refractivity contribution < 1.29 is 4.74 Å². The predicted octanol–water partition coefficient (Wildman–Crippen LogP) is 4.76. The van der Waals surface area contributed by atoms with Gasteiger partial charge < -0.3 is 4.74 Å². The Balaban J connectivity index is 1.70. The van der Waals surface area contributed by atoms with Crippen LogP contribution in [0.25, 0.3) is 21.5 Å². The zero-order chi connectivity index (χ0) is 17.9. The summed E-state index contributed by atoms with van der Waals surface area (Å²) in [6.45, 7) is 2.01. The molecule has 3 aromatic heterocycles. The zero-order valence-corrected chi connectivity index (χ0v) is 16.0. The maximum atomic E-state index is 5.24. The molecule has 0 aliphatic rings. The van der Waals surface area contributed by atoms with E-state index < -0.39 is 0 Å². The molecule has 130 valence electrons. The van der Waals surface area contributed by atoms with Crippen LogP contribution in [0.4, 0.5) is 0 Å². The lowest BCUT2D eigenvalue weighted by atomic mass is 10.1. The summed E-state index contributed by atoms with van der Waals surface area (Å²) < 4.78 is 6.30. The van der Waals surface area contributed by atoms with Crippen molar-refractivity contribution in [2.75, 3.05) is 7.11 Å². The summed E-state index contributed by atoms with van der Waals surface area (Å²) in [4.78, 5) is 8.86. The van der Waals surface area contributed by atoms with Crippen LogP contribution in [0.1, 0.15) is 10.6 Å². The van der Waals surface area contributed by atoms with E-state index in [0.717, 1.165) is 48.6 Å². The van der Waals surface area contributed by atoms with Crippen LogP contribution in [0, 0.1) is 6.92 Å². The lowest BCUT2D eigenvalue weighted by molar-refractivity contribution is 0.415. The molecule has 0 aliphatic heterocycles. The Hall–Kier alpha value is -2.51. The molecule has 4 rings (SSSR count). The second kappa shape index (κ2) is 7.39. The lowest BCUT2D eigenvalue weighted by Crippen LogP contribution is -1.93. The van der Waals surface area contributed by atoms with Crippen molar-refractivity contribution in [3.8, 4) is 17.0 Å². The predicted molar refractivity (Wildman–Crippen MR) is 106 cm³/mol. The van der Waals surface area contributed by atoms with Crippen LogP contribution in [-0.2, 0) is 5.75 Å². The molecule has 0 fully saturated rings. The number of thioether (sulfide) groups is 1. The molecular formula is C19H16N4OS2. The van der Waals surface area contributed by atoms with E-state index in [2.05, 4.69) is 21.2 Å². The number of ether oxygens (including phenoxy) is 1. The molecule has 1 aromatic carbocycles. The maximum absolute atomic E-state index is 5.24. The van der Waals surface area contributed by atoms with Crippen LogP contribution in [0.5, 0.6) is 5.75 Å². The summed E-state index contributed by atoms with van der Waals surface area (Å²) in [7, 11) is 1.66. The molecule has 0 N–H and O–H groups in total. The fourth-order valence-electron chi connectivity index (χ4n) is 2.59. The summed E-state index contributed by atoms with van der Waals surface area (Å²) in [6, 6.07) is 11.9. The second-order valence-electron chi connectivity index (χ2n) is 5.64. The largest absolute Gasteiger partial charge is 0.497 e. The quantitative estimate of drug-likeness (QED) is 0.465. The first kappa shape index (κ1) is 16.9. The molecule has 4 aromatic rings. The highest BCUT2D eigenvalue weighted by Crippen LogP contribution is 2.36. The maximum Gasteiger partial charge on any atom is 0.146 e. The van der Waals surface area contributed by atoms with E-state index in [1.54, 1.807) is 36.4 Å². The minimum Gasteiger partial charge on any atom is -0.497 e. The third-order valence-electron chi connectivity index (χ3n) is 3.85. The summed E-state index contributed by atoms with van der Waals surface area (Å²) >= 11 is 3.29. The normalized spacial score (nSPS) is 11.0. The Labute approximate surface area is 159 Å². The van der Waals surface area contributed by atoms with Gasteiger partial charge in [0.1, 0.15) is 22.0 Å². The number of benzene rings is 1. The number of fused-ring (bicyclic) bond motifs is 1. The van der Waals surface area contributed by atoms with Crippen molar-refractivity contribution in [1.82, 2.24) is 20.2 Å². The first-order valence-corrected chi connectivity index (χ1v) is 9.85. The van der Waals surface area contributed by atoms with Gasteiger partial charge in [0.05, 0.1) is 16.8 Å². The third-order valence-corrected chi connectivity index (χ3v) is 5.86. The minimum atomic E-state index is 0.788. The van der Waals surface area contributed by atoms with Crippen LogP contribution in [0.3, 0.4) is 0 Å². The summed E-state index contributed by atoms with van der Waals surface area (Å²) in [5.41, 5.74) is 3.94. The number of thiazole rings is 1. The van der Waals surface area contributed by atoms with Gasteiger partial charge in [-0.15, -0.1) is 21.5 Å². The highest BCUT2D eigenvalue weighted by molar-refractivity contribution is 7.98. The van der Waals surface area contributed by atoms with Crippen LogP contribution < -0.4 is 4.74 Å². The van der Waals surface area contributed by atoms with Gasteiger partial charge in [0, 0.05) is 23.7 Å². The molecule has 7 heteroatoms. The SMILES string of the molecule is COc1ccc(-c2nnc(SCc3cccnc3)c3nc(C)sc23)cc1. The van der Waals surface area contributed by atoms with E-state index in [1.165, 1.54) is 0 Å². The average Bonchev–Trinajstić information content (AvgIpc) is 3.08. The first-order chi connectivity index (χ1) is 12.7. The van der Waals surface area contributed by atoms with Gasteiger partial charge in [-0.1, -0.05) is 17.8 Å². The molecule has 0 amide bonds. The van der Waals surface area contributed by atoms with Crippen LogP contribution in [0.15, 0.2) is 53.8 Å². The standard InChI is InChI=1S/C19H16N4OS2/c1-12-21-17-18(26-12)16(14-5-7-15(24-2)8-6-14)22-23-19(17)25-11-13-4-3-9-20-10-13/h3-10H,11H2,1-2H3. The number of hydrogen-bond acceptors (Lipinski definition) is 7. The van der Waals surface area contributed by atoms with Gasteiger partial charge in [-0.25, -0.2) is 4.98 Å². The number of aromatic nitrogens is 4. The van der Waals surface area contributed by atoms with Gasteiger partial charge in [0.25, 0.3) is 0 Å². The number of methoxy groups -OCH3 is 1. The Morgan fingerprint density at radius 1 is 1.12 bits per heavy atom. The zero-order valence-electron chi connectivity index (χ0n) is 14.3. The van der Waals surface area contributed by atoms with Crippen molar-refractivity contribution in [2.45, 2.75) is 17.7 Å². The van der Waals surface area contributed by atoms with E-state index in [1.807, 2.05) is 43.5 Å². The Morgan fingerprint density at radius 3 is 2.69 bits per heavy atom. The molecule has 3 heterocycles. The Kier molecular flexibility index (Phi) is 4.81. The smallest absolute Gasteiger partial charge is 0.146 e. The molecule has 0 atom stereocenters. The van der Waals surface area contributed by atoms with Gasteiger partial charge in [-0.3, -0.25) is 4.98 Å². The number of rotatable bonds is 5. The van der Waals surface area contributed by atoms with Crippen LogP contribution in [0.2, 0.25) is 0 Å². The highest BCUT2D eigenvalue weighted by atomic mass is 32.2. The third kappa shape index (κ3) is 3.40. The van der Waals surface area contributed by atoms with Crippen LogP contribution in [-0.4, -0.2) is 27.3 Å². The Bertz CT molecular complexity index is 1030. The summed E-state index contributed by atoms with van der Waals surface area (Å²) in [5.74, 6) is 1.61. The average molecular weight is 380 g/mol. The summed E-state index contributed by atoms with van der Waals surface area (Å²) in [6.07, 6.45) is 3.65. The van der Waals surface area contributed by atoms with E-state index in [-0.39, 0.29) is 0 Å². The fourth-order valence-corrected chi connectivity index (χ4v) is 4.44. The van der Waals surface area contributed by atoms with Crippen molar-refractivity contribution >= 4 is 33.3 Å². The number of nitrogens with zero attached hydrogens (tertiary/aromatic N) is 4. The summed E-state index contributed by atoms with van der Waals surface area (Å²) in [5, 5.41) is 10.8. The number of pyridine rings is 1. The lowest BCUT2D eigenvalue weighted by Gasteiger charge is -2.06. The minimum absolute atomic E-state index is 0.788. The molecular weight excluding hydrogens is 364 g/mol. The van der Waals surface area contributed by atoms with Crippen molar-refractivity contribution in [1.29, 1.82) is 0 Å². The van der Waals surface area contributed by atoms with E-state index in [9.17, 15) is 0 Å². The molecule has 0 saturated carbocycles. The van der Waals surface area contributed by atoms with Gasteiger partial charge in [-0.2, -0.15) is 0 Å². The Morgan fingerprint density at radius 2 is 1.96 bits per heavy atom. The molecule has 0 saturated heterocycles. The number of aryl methyl sites for hydroxylation is 1. The van der Waals surface area contributed by atoms with E-state index in [0.29, 0.717) is 0 Å². The van der Waals surface area contributed by atoms with Crippen molar-refractivity contribution in [2.24, 2.45) is 0 Å². The molecule has 5 nitrogen and oxygen atoms in total. The van der Waals surface area contributed by atoms with Crippen LogP contribution >= 0.6 is 23.1 Å². The molecule has 0 bridgehead atoms. The van der Waals surface area contributed by atoms with E-state index >= 15 is 0 Å². The van der Waals surface area contributed by atoms with Gasteiger partial charge >= 0.3 is 0 Å². The molecule has 0 unspecified atom stereocenters. The first-order valence-electron chi connectivity index (χ1n) is 8.04. The number of hydrogen-bond donors (Lipinski definition) is 0. The van der Waals surface area contributed by atoms with Gasteiger partial charge in [0.2, 0.25) is 0 Å². The highest BCUT2D eigenvalue weighted by Gasteiger charge is 2.16. The molecule has 0 aliphatic carbocycles. The molecule has 26 heavy (non-hydrogen) atoms. The molecule has 0 spiro atoms. The topological polar surface area (TPSA) is 60.8 Å². The van der Waals surface area contributed by atoms with Gasteiger partial charge in [-0.05, 0) is 42.8 Å². The monoisotopic (exact) mass is 380 g/mol. The van der Waals surface area contributed by atoms with Gasteiger partial charge in [0.15, 0.2) is 0 Å². The second-order valence-corrected chi connectivity index (χ2v) is 7.81. The van der Waals surface area contributed by atoms with Crippen molar-refractivity contribution in [3.05, 3.63) is 59.4 Å². The fraction of sp³-hybridized carbons (Fsp3) is 0.158. The van der Waals surface area contributed by atoms with E-state index in [4.69, 9.17) is 9.72 Å². The van der Waals surface area contributed by atoms with Crippen molar-refractivity contribution in [3.63, 3.8) is 0 Å².